The van der Waals surface area contributed by atoms with Crippen LogP contribution >= 0.6 is 11.3 Å². The summed E-state index contributed by atoms with van der Waals surface area (Å²) >= 11 is 1.79. The Morgan fingerprint density at radius 2 is 2.00 bits per heavy atom. The highest BCUT2D eigenvalue weighted by Gasteiger charge is 2.22. The fourth-order valence-electron chi connectivity index (χ4n) is 2.63. The van der Waals surface area contributed by atoms with Crippen LogP contribution in [0.1, 0.15) is 29.9 Å². The number of benzene rings is 1. The van der Waals surface area contributed by atoms with Crippen molar-refractivity contribution < 1.29 is 9.47 Å². The van der Waals surface area contributed by atoms with Crippen LogP contribution in [-0.2, 0) is 16.7 Å². The number of aliphatic imine (C=N–C) groups is 1. The molecule has 2 aromatic rings. The first-order valence-corrected chi connectivity index (χ1v) is 10.0. The topological polar surface area (TPSA) is 54.9 Å². The number of ether oxygens (including phenoxy) is 2. The van der Waals surface area contributed by atoms with E-state index < -0.39 is 0 Å². The standard InChI is InChI=1S/C21H31N3O2S/c1-16-8-9-17(18(13-16)26-11-10-25-5)14-23-20(22-4)24-15-21(2,3)19-7-6-12-27-19/h6-9,12-13H,10-11,14-15H2,1-5H3,(H2,22,23,24). The molecule has 5 nitrogen and oxygen atoms in total. The van der Waals surface area contributed by atoms with E-state index in [1.807, 2.05) is 0 Å². The van der Waals surface area contributed by atoms with Crippen molar-refractivity contribution in [3.63, 3.8) is 0 Å². The van der Waals surface area contributed by atoms with Gasteiger partial charge in [-0.05, 0) is 30.0 Å². The molecule has 0 radical (unpaired) electrons. The Morgan fingerprint density at radius 3 is 2.67 bits per heavy atom. The minimum atomic E-state index is 0.0457. The van der Waals surface area contributed by atoms with E-state index >= 15 is 0 Å². The van der Waals surface area contributed by atoms with Gasteiger partial charge in [-0.3, -0.25) is 4.99 Å². The van der Waals surface area contributed by atoms with E-state index in [1.54, 1.807) is 25.5 Å². The first-order valence-electron chi connectivity index (χ1n) is 9.16. The molecule has 27 heavy (non-hydrogen) atoms. The van der Waals surface area contributed by atoms with Crippen molar-refractivity contribution >= 4 is 17.3 Å². The van der Waals surface area contributed by atoms with Crippen molar-refractivity contribution in [2.75, 3.05) is 33.9 Å². The van der Waals surface area contributed by atoms with Gasteiger partial charge in [-0.15, -0.1) is 11.3 Å². The van der Waals surface area contributed by atoms with E-state index in [-0.39, 0.29) is 5.41 Å². The molecule has 1 aromatic heterocycles. The molecule has 0 unspecified atom stereocenters. The molecule has 0 saturated carbocycles. The maximum Gasteiger partial charge on any atom is 0.191 e. The molecule has 0 atom stereocenters. The van der Waals surface area contributed by atoms with Crippen molar-refractivity contribution in [2.24, 2.45) is 4.99 Å². The summed E-state index contributed by atoms with van der Waals surface area (Å²) in [5, 5.41) is 8.94. The Bertz CT molecular complexity index is 727. The minimum Gasteiger partial charge on any atom is -0.491 e. The number of nitrogens with zero attached hydrogens (tertiary/aromatic N) is 1. The van der Waals surface area contributed by atoms with Gasteiger partial charge in [0.05, 0.1) is 6.61 Å². The molecule has 0 spiro atoms. The third-order valence-corrected chi connectivity index (χ3v) is 5.56. The second-order valence-corrected chi connectivity index (χ2v) is 8.04. The third-order valence-electron chi connectivity index (χ3n) is 4.32. The fourth-order valence-corrected chi connectivity index (χ4v) is 3.48. The Labute approximate surface area is 166 Å². The van der Waals surface area contributed by atoms with Crippen LogP contribution in [0.5, 0.6) is 5.75 Å². The van der Waals surface area contributed by atoms with Gasteiger partial charge < -0.3 is 20.1 Å². The smallest absolute Gasteiger partial charge is 0.191 e. The maximum atomic E-state index is 5.86. The van der Waals surface area contributed by atoms with Gasteiger partial charge in [-0.2, -0.15) is 0 Å². The van der Waals surface area contributed by atoms with Gasteiger partial charge in [-0.1, -0.05) is 32.0 Å². The molecule has 1 heterocycles. The van der Waals surface area contributed by atoms with Crippen molar-refractivity contribution in [1.82, 2.24) is 10.6 Å². The highest BCUT2D eigenvalue weighted by Crippen LogP contribution is 2.26. The number of hydrogen-bond acceptors (Lipinski definition) is 4. The summed E-state index contributed by atoms with van der Waals surface area (Å²) in [4.78, 5) is 5.71. The van der Waals surface area contributed by atoms with Gasteiger partial charge in [-0.25, -0.2) is 0 Å². The lowest BCUT2D eigenvalue weighted by atomic mass is 9.91. The zero-order chi connectivity index (χ0) is 19.7. The quantitative estimate of drug-likeness (QED) is 0.390. The second kappa shape index (κ2) is 10.3. The van der Waals surface area contributed by atoms with Gasteiger partial charge in [0, 0.05) is 43.1 Å². The number of rotatable bonds is 9. The zero-order valence-corrected chi connectivity index (χ0v) is 17.8. The summed E-state index contributed by atoms with van der Waals surface area (Å²) in [5.74, 6) is 1.66. The van der Waals surface area contributed by atoms with E-state index in [1.165, 1.54) is 10.4 Å². The molecule has 0 aliphatic rings. The van der Waals surface area contributed by atoms with Crippen LogP contribution in [0, 0.1) is 6.92 Å². The number of guanidine groups is 1. The van der Waals surface area contributed by atoms with Crippen LogP contribution in [0.15, 0.2) is 40.7 Å². The largest absolute Gasteiger partial charge is 0.491 e. The van der Waals surface area contributed by atoms with Crippen LogP contribution in [0.3, 0.4) is 0 Å². The van der Waals surface area contributed by atoms with E-state index in [9.17, 15) is 0 Å². The Kier molecular flexibility index (Phi) is 8.13. The predicted molar refractivity (Wildman–Crippen MR) is 114 cm³/mol. The van der Waals surface area contributed by atoms with Crippen LogP contribution in [0.2, 0.25) is 0 Å². The van der Waals surface area contributed by atoms with E-state index in [4.69, 9.17) is 9.47 Å². The number of hydrogen-bond donors (Lipinski definition) is 2. The molecule has 6 heteroatoms. The average molecular weight is 390 g/mol. The third kappa shape index (κ3) is 6.56. The summed E-state index contributed by atoms with van der Waals surface area (Å²) in [6.45, 7) is 9.09. The molecule has 2 N–H and O–H groups in total. The molecule has 148 valence electrons. The van der Waals surface area contributed by atoms with Gasteiger partial charge in [0.25, 0.3) is 0 Å². The molecule has 0 bridgehead atoms. The molecule has 0 saturated heterocycles. The highest BCUT2D eigenvalue weighted by atomic mass is 32.1. The molecule has 0 aliphatic carbocycles. The maximum absolute atomic E-state index is 5.86. The number of thiophene rings is 1. The number of aryl methyl sites for hydroxylation is 1. The second-order valence-electron chi connectivity index (χ2n) is 7.09. The lowest BCUT2D eigenvalue weighted by molar-refractivity contribution is 0.145. The molecule has 1 aromatic carbocycles. The number of nitrogens with one attached hydrogen (secondary N) is 2. The first kappa shape index (κ1) is 21.3. The summed E-state index contributed by atoms with van der Waals surface area (Å²) in [7, 11) is 3.47. The first-order chi connectivity index (χ1) is 13.0. The van der Waals surface area contributed by atoms with Crippen LogP contribution < -0.4 is 15.4 Å². The lowest BCUT2D eigenvalue weighted by Gasteiger charge is -2.25. The average Bonchev–Trinajstić information content (AvgIpc) is 3.19. The summed E-state index contributed by atoms with van der Waals surface area (Å²) < 4.78 is 10.9. The van der Waals surface area contributed by atoms with Crippen LogP contribution in [0.4, 0.5) is 0 Å². The Morgan fingerprint density at radius 1 is 1.19 bits per heavy atom. The van der Waals surface area contributed by atoms with Crippen molar-refractivity contribution in [1.29, 1.82) is 0 Å². The van der Waals surface area contributed by atoms with E-state index in [0.717, 1.165) is 23.8 Å². The normalized spacial score (nSPS) is 12.1. The van der Waals surface area contributed by atoms with Crippen molar-refractivity contribution in [2.45, 2.75) is 32.7 Å². The fraction of sp³-hybridized carbons (Fsp3) is 0.476. The SMILES string of the molecule is CN=C(NCc1ccc(C)cc1OCCOC)NCC(C)(C)c1cccs1. The van der Waals surface area contributed by atoms with E-state index in [2.05, 4.69) is 72.1 Å². The van der Waals surface area contributed by atoms with Crippen molar-refractivity contribution in [3.05, 3.63) is 51.7 Å². The van der Waals surface area contributed by atoms with Gasteiger partial charge in [0.15, 0.2) is 5.96 Å². The predicted octanol–water partition coefficient (Wildman–Crippen LogP) is 3.72. The van der Waals surface area contributed by atoms with E-state index in [0.29, 0.717) is 19.8 Å². The molecule has 0 aliphatic heterocycles. The molecular weight excluding hydrogens is 358 g/mol. The Balaban J connectivity index is 1.94. The summed E-state index contributed by atoms with van der Waals surface area (Å²) in [6.07, 6.45) is 0. The van der Waals surface area contributed by atoms with Crippen LogP contribution in [-0.4, -0.2) is 39.9 Å². The monoisotopic (exact) mass is 389 g/mol. The lowest BCUT2D eigenvalue weighted by Crippen LogP contribution is -2.43. The van der Waals surface area contributed by atoms with Gasteiger partial charge in [0.2, 0.25) is 0 Å². The summed E-state index contributed by atoms with van der Waals surface area (Å²) in [6, 6.07) is 10.5. The number of methoxy groups -OCH3 is 1. The molecule has 0 amide bonds. The molecule has 0 fully saturated rings. The Hall–Kier alpha value is -2.05. The summed E-state index contributed by atoms with van der Waals surface area (Å²) in [5.41, 5.74) is 2.31. The molecule has 2 rings (SSSR count). The van der Waals surface area contributed by atoms with Gasteiger partial charge in [0.1, 0.15) is 12.4 Å². The highest BCUT2D eigenvalue weighted by molar-refractivity contribution is 7.10. The van der Waals surface area contributed by atoms with Crippen molar-refractivity contribution in [3.8, 4) is 5.75 Å². The van der Waals surface area contributed by atoms with Crippen LogP contribution in [0.25, 0.3) is 0 Å². The zero-order valence-electron chi connectivity index (χ0n) is 17.0. The molecular formula is C21H31N3O2S. The minimum absolute atomic E-state index is 0.0457. The van der Waals surface area contributed by atoms with Gasteiger partial charge >= 0.3 is 0 Å².